The van der Waals surface area contributed by atoms with E-state index in [4.69, 9.17) is 0 Å². The van der Waals surface area contributed by atoms with Gasteiger partial charge in [-0.1, -0.05) is 6.07 Å². The third kappa shape index (κ3) is 2.36. The minimum atomic E-state index is -0.927. The number of halogens is 2. The van der Waals surface area contributed by atoms with Gasteiger partial charge in [0.25, 0.3) is 0 Å². The van der Waals surface area contributed by atoms with Gasteiger partial charge < -0.3 is 10.0 Å². The van der Waals surface area contributed by atoms with Crippen LogP contribution in [0.3, 0.4) is 0 Å². The Bertz CT molecular complexity index is 628. The second-order valence-electron chi connectivity index (χ2n) is 6.46. The Morgan fingerprint density at radius 1 is 1.32 bits per heavy atom. The molecule has 2 fully saturated rings. The van der Waals surface area contributed by atoms with Crippen molar-refractivity contribution in [2.24, 2.45) is 11.3 Å². The third-order valence-electron chi connectivity index (χ3n) is 4.78. The maximum atomic E-state index is 13.7. The number of aliphatic carboxylic acids is 1. The number of hydrogen-bond acceptors (Lipinski definition) is 2. The van der Waals surface area contributed by atoms with Crippen LogP contribution in [-0.2, 0) is 9.59 Å². The molecule has 2 aliphatic rings. The average molecular weight is 309 g/mol. The quantitative estimate of drug-likeness (QED) is 0.932. The molecule has 1 aliphatic carbocycles. The van der Waals surface area contributed by atoms with Gasteiger partial charge in [0, 0.05) is 30.5 Å². The summed E-state index contributed by atoms with van der Waals surface area (Å²) in [5, 5.41) is 9.19. The van der Waals surface area contributed by atoms with Crippen molar-refractivity contribution in [2.75, 3.05) is 13.1 Å². The van der Waals surface area contributed by atoms with E-state index in [2.05, 4.69) is 0 Å². The van der Waals surface area contributed by atoms with E-state index in [-0.39, 0.29) is 18.0 Å². The van der Waals surface area contributed by atoms with Gasteiger partial charge in [-0.05, 0) is 31.9 Å². The first-order valence-electron chi connectivity index (χ1n) is 7.29. The molecule has 1 aliphatic heterocycles. The molecule has 4 nitrogen and oxygen atoms in total. The molecule has 3 atom stereocenters. The van der Waals surface area contributed by atoms with Gasteiger partial charge in [0.1, 0.15) is 11.6 Å². The molecule has 1 saturated heterocycles. The summed E-state index contributed by atoms with van der Waals surface area (Å²) in [5.41, 5.74) is -0.954. The van der Waals surface area contributed by atoms with Crippen LogP contribution in [0, 0.1) is 23.0 Å². The minimum absolute atomic E-state index is 0.0268. The van der Waals surface area contributed by atoms with Crippen molar-refractivity contribution in [3.8, 4) is 0 Å². The molecule has 0 aromatic heterocycles. The minimum Gasteiger partial charge on any atom is -0.481 e. The van der Waals surface area contributed by atoms with E-state index >= 15 is 0 Å². The first-order valence-corrected chi connectivity index (χ1v) is 7.29. The molecular formula is C16H17F2NO3. The number of nitrogens with zero attached hydrogens (tertiary/aromatic N) is 1. The summed E-state index contributed by atoms with van der Waals surface area (Å²) >= 11 is 0. The summed E-state index contributed by atoms with van der Waals surface area (Å²) in [5.74, 6) is -3.25. The van der Waals surface area contributed by atoms with Crippen LogP contribution in [0.1, 0.15) is 31.2 Å². The molecule has 0 spiro atoms. The fourth-order valence-corrected chi connectivity index (χ4v) is 3.21. The number of rotatable bonds is 3. The van der Waals surface area contributed by atoms with E-state index in [1.54, 1.807) is 6.92 Å². The molecule has 1 amide bonds. The van der Waals surface area contributed by atoms with Crippen molar-refractivity contribution < 1.29 is 23.5 Å². The number of carbonyl (C=O) groups excluding carboxylic acids is 1. The van der Waals surface area contributed by atoms with Gasteiger partial charge in [-0.15, -0.1) is 0 Å². The molecule has 0 bridgehead atoms. The Labute approximate surface area is 126 Å². The zero-order valence-electron chi connectivity index (χ0n) is 12.2. The first-order chi connectivity index (χ1) is 10.3. The van der Waals surface area contributed by atoms with Crippen LogP contribution >= 0.6 is 0 Å². The number of likely N-dealkylation sites (tertiary alicyclic amines) is 1. The number of hydrogen-bond donors (Lipinski definition) is 1. The van der Waals surface area contributed by atoms with Gasteiger partial charge >= 0.3 is 5.97 Å². The van der Waals surface area contributed by atoms with Crippen molar-refractivity contribution in [3.05, 3.63) is 35.4 Å². The molecule has 118 valence electrons. The Hall–Kier alpha value is -1.98. The van der Waals surface area contributed by atoms with Crippen molar-refractivity contribution in [3.63, 3.8) is 0 Å². The second kappa shape index (κ2) is 5.04. The van der Waals surface area contributed by atoms with Crippen LogP contribution in [0.4, 0.5) is 8.78 Å². The maximum Gasteiger partial charge on any atom is 0.311 e. The Kier molecular flexibility index (Phi) is 3.42. The van der Waals surface area contributed by atoms with Crippen LogP contribution in [0.5, 0.6) is 0 Å². The largest absolute Gasteiger partial charge is 0.481 e. The summed E-state index contributed by atoms with van der Waals surface area (Å²) in [7, 11) is 0. The van der Waals surface area contributed by atoms with Crippen molar-refractivity contribution in [1.29, 1.82) is 0 Å². The normalized spacial score (nSPS) is 30.4. The first kappa shape index (κ1) is 14.9. The lowest BCUT2D eigenvalue weighted by Gasteiger charge is -2.20. The monoisotopic (exact) mass is 309 g/mol. The summed E-state index contributed by atoms with van der Waals surface area (Å²) in [4.78, 5) is 25.1. The zero-order valence-corrected chi connectivity index (χ0v) is 12.2. The average Bonchev–Trinajstić information content (AvgIpc) is 3.12. The number of carboxylic acids is 1. The fraction of sp³-hybridized carbons (Fsp3) is 0.500. The van der Waals surface area contributed by atoms with E-state index in [1.165, 1.54) is 23.1 Å². The van der Waals surface area contributed by atoms with E-state index in [1.807, 2.05) is 0 Å². The number of carboxylic acid groups (broad SMARTS) is 1. The van der Waals surface area contributed by atoms with Crippen molar-refractivity contribution in [1.82, 2.24) is 4.90 Å². The predicted molar refractivity (Wildman–Crippen MR) is 74.1 cm³/mol. The molecule has 0 radical (unpaired) electrons. The summed E-state index contributed by atoms with van der Waals surface area (Å²) in [6.45, 7) is 2.15. The molecule has 1 heterocycles. The molecule has 3 rings (SSSR count). The van der Waals surface area contributed by atoms with Crippen LogP contribution in [0.15, 0.2) is 18.2 Å². The van der Waals surface area contributed by atoms with Gasteiger partial charge in [0.15, 0.2) is 0 Å². The van der Waals surface area contributed by atoms with E-state index in [0.29, 0.717) is 19.4 Å². The number of carbonyl (C=O) groups is 2. The van der Waals surface area contributed by atoms with Crippen LogP contribution in [0.25, 0.3) is 0 Å². The van der Waals surface area contributed by atoms with Gasteiger partial charge in [0.2, 0.25) is 5.91 Å². The highest BCUT2D eigenvalue weighted by atomic mass is 19.1. The van der Waals surface area contributed by atoms with Gasteiger partial charge in [-0.25, -0.2) is 8.78 Å². The van der Waals surface area contributed by atoms with Crippen LogP contribution in [-0.4, -0.2) is 35.0 Å². The summed E-state index contributed by atoms with van der Waals surface area (Å²) < 4.78 is 27.5. The maximum absolute atomic E-state index is 13.7. The molecule has 1 aromatic carbocycles. The molecule has 6 heteroatoms. The number of benzene rings is 1. The lowest BCUT2D eigenvalue weighted by atomic mass is 9.90. The Morgan fingerprint density at radius 2 is 1.95 bits per heavy atom. The topological polar surface area (TPSA) is 57.6 Å². The molecular weight excluding hydrogens is 292 g/mol. The van der Waals surface area contributed by atoms with Crippen LogP contribution in [0.2, 0.25) is 0 Å². The molecule has 1 saturated carbocycles. The third-order valence-corrected chi connectivity index (χ3v) is 4.78. The standard InChI is InChI=1S/C16H17F2NO3/c1-16(15(21)22)5-6-19(8-16)14(20)10-7-9(10)13-11(17)3-2-4-12(13)18/h2-4,9-10H,5-8H2,1H3,(H,21,22)/t9-,10-,16+/m1/s1. The van der Waals surface area contributed by atoms with Crippen LogP contribution < -0.4 is 0 Å². The Balaban J connectivity index is 1.71. The lowest BCUT2D eigenvalue weighted by Crippen LogP contribution is -2.35. The van der Waals surface area contributed by atoms with Crippen molar-refractivity contribution in [2.45, 2.75) is 25.7 Å². The van der Waals surface area contributed by atoms with Gasteiger partial charge in [-0.2, -0.15) is 0 Å². The van der Waals surface area contributed by atoms with E-state index in [9.17, 15) is 23.5 Å². The molecule has 0 unspecified atom stereocenters. The van der Waals surface area contributed by atoms with Gasteiger partial charge in [-0.3, -0.25) is 9.59 Å². The van der Waals surface area contributed by atoms with Gasteiger partial charge in [0.05, 0.1) is 5.41 Å². The molecule has 1 N–H and O–H groups in total. The summed E-state index contributed by atoms with van der Waals surface area (Å²) in [6, 6.07) is 3.68. The smallest absolute Gasteiger partial charge is 0.311 e. The van der Waals surface area contributed by atoms with Crippen molar-refractivity contribution >= 4 is 11.9 Å². The SMILES string of the molecule is C[C@]1(C(=O)O)CCN(C(=O)[C@@H]2C[C@H]2c2c(F)cccc2F)C1. The highest BCUT2D eigenvalue weighted by Gasteiger charge is 2.51. The Morgan fingerprint density at radius 3 is 2.50 bits per heavy atom. The predicted octanol–water partition coefficient (Wildman–Crippen LogP) is 2.39. The molecule has 1 aromatic rings. The second-order valence-corrected chi connectivity index (χ2v) is 6.46. The lowest BCUT2D eigenvalue weighted by molar-refractivity contribution is -0.147. The highest BCUT2D eigenvalue weighted by Crippen LogP contribution is 2.50. The van der Waals surface area contributed by atoms with E-state index < -0.39 is 34.9 Å². The van der Waals surface area contributed by atoms with E-state index in [0.717, 1.165) is 0 Å². The highest BCUT2D eigenvalue weighted by molar-refractivity contribution is 5.85. The molecule has 22 heavy (non-hydrogen) atoms. The number of amides is 1. The summed E-state index contributed by atoms with van der Waals surface area (Å²) in [6.07, 6.45) is 0.816. The fourth-order valence-electron chi connectivity index (χ4n) is 3.21. The zero-order chi connectivity index (χ0) is 16.1.